The van der Waals surface area contributed by atoms with E-state index in [-0.39, 0.29) is 11.9 Å². The molecule has 1 aromatic heterocycles. The zero-order valence-corrected chi connectivity index (χ0v) is 13.3. The Bertz CT molecular complexity index is 550. The second kappa shape index (κ2) is 8.39. The summed E-state index contributed by atoms with van der Waals surface area (Å²) in [6.07, 6.45) is 2.67. The second-order valence-corrected chi connectivity index (χ2v) is 5.88. The molecular formula is C18H25N2O2+. The fourth-order valence-electron chi connectivity index (χ4n) is 2.34. The van der Waals surface area contributed by atoms with E-state index in [9.17, 15) is 4.79 Å². The first kappa shape index (κ1) is 16.3. The molecule has 0 aliphatic carbocycles. The van der Waals surface area contributed by atoms with Crippen molar-refractivity contribution >= 4 is 5.91 Å². The molecule has 1 amide bonds. The predicted molar refractivity (Wildman–Crippen MR) is 86.3 cm³/mol. The Morgan fingerprint density at radius 1 is 1.18 bits per heavy atom. The number of furan rings is 1. The van der Waals surface area contributed by atoms with Gasteiger partial charge in [-0.15, -0.1) is 0 Å². The maximum absolute atomic E-state index is 12.0. The Morgan fingerprint density at radius 2 is 1.95 bits per heavy atom. The Morgan fingerprint density at radius 3 is 2.59 bits per heavy atom. The van der Waals surface area contributed by atoms with Crippen LogP contribution in [0.5, 0.6) is 0 Å². The second-order valence-electron chi connectivity index (χ2n) is 5.88. The zero-order chi connectivity index (χ0) is 15.8. The van der Waals surface area contributed by atoms with Crippen molar-refractivity contribution < 1.29 is 14.5 Å². The van der Waals surface area contributed by atoms with Crippen molar-refractivity contribution in [3.05, 3.63) is 60.1 Å². The summed E-state index contributed by atoms with van der Waals surface area (Å²) in [5.41, 5.74) is 1.13. The van der Waals surface area contributed by atoms with Gasteiger partial charge >= 0.3 is 0 Å². The molecule has 0 fully saturated rings. The van der Waals surface area contributed by atoms with E-state index in [4.69, 9.17) is 4.42 Å². The quantitative estimate of drug-likeness (QED) is 0.784. The summed E-state index contributed by atoms with van der Waals surface area (Å²) in [6, 6.07) is 13.9. The van der Waals surface area contributed by atoms with Crippen LogP contribution in [0, 0.1) is 5.92 Å². The number of carbonyl (C=O) groups excluding carboxylic acids is 1. The fraction of sp³-hybridized carbons (Fsp3) is 0.389. The third-order valence-electron chi connectivity index (χ3n) is 3.59. The number of nitrogens with one attached hydrogen (secondary N) is 1. The van der Waals surface area contributed by atoms with Gasteiger partial charge in [-0.3, -0.25) is 4.79 Å². The molecule has 0 unspecified atom stereocenters. The van der Waals surface area contributed by atoms with Gasteiger partial charge in [-0.25, -0.2) is 0 Å². The lowest BCUT2D eigenvalue weighted by Crippen LogP contribution is -2.87. The first-order chi connectivity index (χ1) is 10.7. The van der Waals surface area contributed by atoms with E-state index in [1.807, 2.05) is 35.6 Å². The van der Waals surface area contributed by atoms with Crippen molar-refractivity contribution in [2.45, 2.75) is 26.3 Å². The van der Waals surface area contributed by atoms with E-state index < -0.39 is 0 Å². The first-order valence-corrected chi connectivity index (χ1v) is 7.85. The summed E-state index contributed by atoms with van der Waals surface area (Å²) < 4.78 is 5.53. The van der Waals surface area contributed by atoms with Crippen LogP contribution < -0.4 is 10.6 Å². The maximum Gasteiger partial charge on any atom is 0.275 e. The molecule has 1 aromatic carbocycles. The van der Waals surface area contributed by atoms with Crippen LogP contribution in [0.4, 0.5) is 0 Å². The van der Waals surface area contributed by atoms with Crippen LogP contribution in [-0.4, -0.2) is 19.0 Å². The van der Waals surface area contributed by atoms with E-state index in [0.29, 0.717) is 12.5 Å². The van der Waals surface area contributed by atoms with Gasteiger partial charge in [0.15, 0.2) is 18.3 Å². The molecule has 2 rings (SSSR count). The van der Waals surface area contributed by atoms with Gasteiger partial charge < -0.3 is 15.1 Å². The highest BCUT2D eigenvalue weighted by Gasteiger charge is 2.21. The third-order valence-corrected chi connectivity index (χ3v) is 3.59. The van der Waals surface area contributed by atoms with E-state index in [1.165, 1.54) is 0 Å². The first-order valence-electron chi connectivity index (χ1n) is 7.85. The number of carbonyl (C=O) groups is 1. The Labute approximate surface area is 131 Å². The monoisotopic (exact) mass is 301 g/mol. The van der Waals surface area contributed by atoms with Crippen molar-refractivity contribution in [2.24, 2.45) is 5.92 Å². The molecule has 4 heteroatoms. The molecule has 3 N–H and O–H groups in total. The summed E-state index contributed by atoms with van der Waals surface area (Å²) in [4.78, 5) is 12.0. The van der Waals surface area contributed by atoms with Crippen molar-refractivity contribution in [1.82, 2.24) is 5.32 Å². The van der Waals surface area contributed by atoms with Crippen LogP contribution >= 0.6 is 0 Å². The summed E-state index contributed by atoms with van der Waals surface area (Å²) in [7, 11) is 0. The molecule has 0 spiro atoms. The number of nitrogens with two attached hydrogens (primary N) is 1. The van der Waals surface area contributed by atoms with Gasteiger partial charge in [-0.1, -0.05) is 44.2 Å². The number of quaternary nitrogens is 1. The van der Waals surface area contributed by atoms with Crippen molar-refractivity contribution in [2.75, 3.05) is 13.1 Å². The summed E-state index contributed by atoms with van der Waals surface area (Å²) >= 11 is 0. The van der Waals surface area contributed by atoms with E-state index in [2.05, 4.69) is 31.3 Å². The van der Waals surface area contributed by atoms with Crippen LogP contribution in [0.2, 0.25) is 0 Å². The molecule has 118 valence electrons. The van der Waals surface area contributed by atoms with Gasteiger partial charge in [-0.2, -0.15) is 0 Å². The molecule has 0 saturated carbocycles. The highest BCUT2D eigenvalue weighted by Crippen LogP contribution is 2.18. The van der Waals surface area contributed by atoms with Gasteiger partial charge in [0, 0.05) is 12.1 Å². The maximum atomic E-state index is 12.0. The molecule has 0 radical (unpaired) electrons. The van der Waals surface area contributed by atoms with Crippen molar-refractivity contribution in [1.29, 1.82) is 0 Å². The molecule has 0 aliphatic heterocycles. The van der Waals surface area contributed by atoms with Crippen LogP contribution in [0.3, 0.4) is 0 Å². The van der Waals surface area contributed by atoms with Crippen molar-refractivity contribution in [3.8, 4) is 0 Å². The molecule has 0 bridgehead atoms. The van der Waals surface area contributed by atoms with E-state index >= 15 is 0 Å². The SMILES string of the molecule is CC(C)CCNC(=O)C[NH2+][C@@H](c1ccccc1)c1ccco1. The standard InChI is InChI=1S/C18H24N2O2/c1-14(2)10-11-19-17(21)13-20-18(16-9-6-12-22-16)15-7-4-3-5-8-15/h3-9,12,14,18,20H,10-11,13H2,1-2H3,(H,19,21)/p+1/t18-/m0/s1. The van der Waals surface area contributed by atoms with E-state index in [1.54, 1.807) is 6.26 Å². The molecule has 1 atom stereocenters. The van der Waals surface area contributed by atoms with Gasteiger partial charge in [0.1, 0.15) is 0 Å². The highest BCUT2D eigenvalue weighted by atomic mass is 16.3. The van der Waals surface area contributed by atoms with Crippen LogP contribution in [-0.2, 0) is 4.79 Å². The number of rotatable bonds is 8. The number of amides is 1. The highest BCUT2D eigenvalue weighted by molar-refractivity contribution is 5.76. The van der Waals surface area contributed by atoms with E-state index in [0.717, 1.165) is 24.3 Å². The Balaban J connectivity index is 1.92. The summed E-state index contributed by atoms with van der Waals surface area (Å²) in [6.45, 7) is 5.43. The van der Waals surface area contributed by atoms with Gasteiger partial charge in [0.05, 0.1) is 6.26 Å². The molecule has 2 aromatic rings. The molecule has 4 nitrogen and oxygen atoms in total. The minimum atomic E-state index is 0.00653. The predicted octanol–water partition coefficient (Wildman–Crippen LogP) is 2.09. The van der Waals surface area contributed by atoms with Gasteiger partial charge in [-0.05, 0) is 24.5 Å². The average molecular weight is 301 g/mol. The number of hydrogen-bond donors (Lipinski definition) is 2. The average Bonchev–Trinajstić information content (AvgIpc) is 3.02. The summed E-state index contributed by atoms with van der Waals surface area (Å²) in [5.74, 6) is 1.53. The third kappa shape index (κ3) is 5.04. The topological polar surface area (TPSA) is 58.9 Å². The molecule has 1 heterocycles. The lowest BCUT2D eigenvalue weighted by molar-refractivity contribution is -0.678. The van der Waals surface area contributed by atoms with Crippen LogP contribution in [0.1, 0.15) is 37.6 Å². The molecule has 0 saturated heterocycles. The van der Waals surface area contributed by atoms with Crippen LogP contribution in [0.15, 0.2) is 53.1 Å². The van der Waals surface area contributed by atoms with Gasteiger partial charge in [0.25, 0.3) is 5.91 Å². The molecule has 22 heavy (non-hydrogen) atoms. The smallest absolute Gasteiger partial charge is 0.275 e. The minimum Gasteiger partial charge on any atom is -0.463 e. The normalized spacial score (nSPS) is 12.3. The fourth-order valence-corrected chi connectivity index (χ4v) is 2.34. The largest absolute Gasteiger partial charge is 0.463 e. The zero-order valence-electron chi connectivity index (χ0n) is 13.3. The Hall–Kier alpha value is -2.07. The van der Waals surface area contributed by atoms with Crippen LogP contribution in [0.25, 0.3) is 0 Å². The number of benzene rings is 1. The molecule has 0 aliphatic rings. The number of hydrogen-bond acceptors (Lipinski definition) is 2. The minimum absolute atomic E-state index is 0.00653. The lowest BCUT2D eigenvalue weighted by atomic mass is 10.0. The summed E-state index contributed by atoms with van der Waals surface area (Å²) in [5, 5.41) is 4.98. The van der Waals surface area contributed by atoms with Gasteiger partial charge in [0.2, 0.25) is 0 Å². The molecular weight excluding hydrogens is 276 g/mol. The Kier molecular flexibility index (Phi) is 6.22. The lowest BCUT2D eigenvalue weighted by Gasteiger charge is -2.14. The van der Waals surface area contributed by atoms with Crippen molar-refractivity contribution in [3.63, 3.8) is 0 Å².